The zero-order valence-corrected chi connectivity index (χ0v) is 18.6. The molecule has 0 bridgehead atoms. The first-order chi connectivity index (χ1) is 13.6. The van der Waals surface area contributed by atoms with E-state index in [1.165, 1.54) is 67.1 Å². The van der Waals surface area contributed by atoms with Crippen LogP contribution in [0.4, 0.5) is 5.69 Å². The first-order valence-corrected chi connectivity index (χ1v) is 11.8. The van der Waals surface area contributed by atoms with Crippen molar-refractivity contribution >= 4 is 17.4 Å². The van der Waals surface area contributed by atoms with Crippen LogP contribution in [0.1, 0.15) is 50.7 Å². The second kappa shape index (κ2) is 10.8. The summed E-state index contributed by atoms with van der Waals surface area (Å²) >= 11 is 1.96. The van der Waals surface area contributed by atoms with E-state index in [0.29, 0.717) is 5.92 Å². The quantitative estimate of drug-likeness (QED) is 0.325. The molecule has 0 N–H and O–H groups in total. The van der Waals surface area contributed by atoms with Crippen LogP contribution in [-0.2, 0) is 6.42 Å². The molecule has 0 unspecified atom stereocenters. The van der Waals surface area contributed by atoms with Crippen molar-refractivity contribution in [2.75, 3.05) is 30.3 Å². The van der Waals surface area contributed by atoms with Gasteiger partial charge in [-0.3, -0.25) is 0 Å². The molecule has 0 atom stereocenters. The summed E-state index contributed by atoms with van der Waals surface area (Å²) in [5.41, 5.74) is 4.41. The van der Waals surface area contributed by atoms with E-state index in [1.807, 2.05) is 11.8 Å². The van der Waals surface area contributed by atoms with E-state index in [4.69, 9.17) is 4.74 Å². The van der Waals surface area contributed by atoms with Crippen molar-refractivity contribution in [1.29, 1.82) is 0 Å². The fourth-order valence-corrected chi connectivity index (χ4v) is 4.62. The molecule has 1 heterocycles. The summed E-state index contributed by atoms with van der Waals surface area (Å²) in [4.78, 5) is 3.94. The molecule has 1 aliphatic rings. The molecule has 0 aliphatic carbocycles. The van der Waals surface area contributed by atoms with Gasteiger partial charge in [0.2, 0.25) is 0 Å². The monoisotopic (exact) mass is 397 g/mol. The van der Waals surface area contributed by atoms with Crippen molar-refractivity contribution in [2.45, 2.75) is 57.8 Å². The van der Waals surface area contributed by atoms with Gasteiger partial charge < -0.3 is 9.64 Å². The Morgan fingerprint density at radius 3 is 2.64 bits per heavy atom. The number of hydrogen-bond donors (Lipinski definition) is 0. The highest BCUT2D eigenvalue weighted by Gasteiger charge is 2.16. The Labute approximate surface area is 175 Å². The Balaban J connectivity index is 1.33. The molecular weight excluding hydrogens is 362 g/mol. The highest BCUT2D eigenvalue weighted by Crippen LogP contribution is 2.28. The molecule has 2 nitrogen and oxygen atoms in total. The highest BCUT2D eigenvalue weighted by molar-refractivity contribution is 7.99. The van der Waals surface area contributed by atoms with Gasteiger partial charge in [-0.2, -0.15) is 0 Å². The molecule has 0 saturated heterocycles. The molecule has 3 rings (SSSR count). The number of fused-ring (bicyclic) bond motifs is 1. The average Bonchev–Trinajstić information content (AvgIpc) is 2.69. The number of aryl methyl sites for hydroxylation is 2. The minimum Gasteiger partial charge on any atom is -0.493 e. The van der Waals surface area contributed by atoms with E-state index in [0.717, 1.165) is 12.4 Å². The molecule has 0 amide bonds. The van der Waals surface area contributed by atoms with Crippen LogP contribution < -0.4 is 9.64 Å². The van der Waals surface area contributed by atoms with Crippen molar-refractivity contribution in [3.8, 4) is 5.75 Å². The molecule has 152 valence electrons. The van der Waals surface area contributed by atoms with Crippen LogP contribution in [0.25, 0.3) is 0 Å². The highest BCUT2D eigenvalue weighted by atomic mass is 32.2. The molecule has 0 aromatic heterocycles. The largest absolute Gasteiger partial charge is 0.493 e. The molecule has 0 fully saturated rings. The molecule has 0 saturated carbocycles. The van der Waals surface area contributed by atoms with Crippen molar-refractivity contribution in [3.05, 3.63) is 53.6 Å². The molecule has 0 spiro atoms. The minimum atomic E-state index is 0.566. The van der Waals surface area contributed by atoms with Gasteiger partial charge >= 0.3 is 0 Å². The lowest BCUT2D eigenvalue weighted by molar-refractivity contribution is 0.271. The Hall–Kier alpha value is -1.61. The van der Waals surface area contributed by atoms with Gasteiger partial charge in [0, 0.05) is 23.7 Å². The maximum Gasteiger partial charge on any atom is 0.119 e. The maximum atomic E-state index is 5.76. The van der Waals surface area contributed by atoms with E-state index in [-0.39, 0.29) is 0 Å². The number of benzene rings is 2. The third-order valence-corrected chi connectivity index (χ3v) is 6.30. The van der Waals surface area contributed by atoms with E-state index in [9.17, 15) is 0 Å². The van der Waals surface area contributed by atoms with E-state index in [1.54, 1.807) is 5.56 Å². The molecular formula is C25H35NOS. The molecule has 28 heavy (non-hydrogen) atoms. The van der Waals surface area contributed by atoms with Crippen molar-refractivity contribution in [3.63, 3.8) is 0 Å². The number of rotatable bonds is 10. The molecule has 2 aromatic rings. The average molecular weight is 398 g/mol. The summed E-state index contributed by atoms with van der Waals surface area (Å²) in [6.07, 6.45) is 6.41. The fourth-order valence-electron chi connectivity index (χ4n) is 3.70. The van der Waals surface area contributed by atoms with Crippen LogP contribution in [0.15, 0.2) is 47.4 Å². The zero-order valence-electron chi connectivity index (χ0n) is 17.7. The number of ether oxygens (including phenoxy) is 1. The number of hydrogen-bond acceptors (Lipinski definition) is 3. The van der Waals surface area contributed by atoms with Crippen LogP contribution in [0.3, 0.4) is 0 Å². The van der Waals surface area contributed by atoms with E-state index >= 15 is 0 Å². The predicted octanol–water partition coefficient (Wildman–Crippen LogP) is 6.75. The van der Waals surface area contributed by atoms with Gasteiger partial charge in [-0.05, 0) is 80.2 Å². The Bertz CT molecular complexity index is 726. The second-order valence-electron chi connectivity index (χ2n) is 8.31. The zero-order chi connectivity index (χ0) is 19.8. The van der Waals surface area contributed by atoms with Crippen LogP contribution >= 0.6 is 11.8 Å². The van der Waals surface area contributed by atoms with Gasteiger partial charge in [0.05, 0.1) is 6.61 Å². The normalized spacial score (nSPS) is 13.6. The standard InChI is InChI=1S/C25H35NOS/c1-20(2)19-27-23-10-12-24(13-11-23)28-17-6-4-5-15-26-16-7-8-22-18-21(3)9-14-25(22)26/h9-14,18,20H,4-8,15-17,19H2,1-3H3. The minimum absolute atomic E-state index is 0.566. The lowest BCUT2D eigenvalue weighted by Crippen LogP contribution is -2.30. The second-order valence-corrected chi connectivity index (χ2v) is 9.48. The van der Waals surface area contributed by atoms with Crippen LogP contribution in [0.2, 0.25) is 0 Å². The van der Waals surface area contributed by atoms with E-state index < -0.39 is 0 Å². The summed E-state index contributed by atoms with van der Waals surface area (Å²) < 4.78 is 5.76. The Kier molecular flexibility index (Phi) is 8.14. The first kappa shape index (κ1) is 21.1. The first-order valence-electron chi connectivity index (χ1n) is 10.8. The molecule has 0 radical (unpaired) electrons. The lowest BCUT2D eigenvalue weighted by atomic mass is 9.99. The third-order valence-electron chi connectivity index (χ3n) is 5.20. The lowest BCUT2D eigenvalue weighted by Gasteiger charge is -2.31. The van der Waals surface area contributed by atoms with Crippen molar-refractivity contribution in [1.82, 2.24) is 0 Å². The number of anilines is 1. The number of thioether (sulfide) groups is 1. The summed E-state index contributed by atoms with van der Waals surface area (Å²) in [6, 6.07) is 15.5. The summed E-state index contributed by atoms with van der Waals surface area (Å²) in [6.45, 7) is 9.75. The van der Waals surface area contributed by atoms with Gasteiger partial charge in [-0.25, -0.2) is 0 Å². The summed E-state index contributed by atoms with van der Waals surface area (Å²) in [5, 5.41) is 0. The predicted molar refractivity (Wildman–Crippen MR) is 123 cm³/mol. The summed E-state index contributed by atoms with van der Waals surface area (Å²) in [5.74, 6) is 2.74. The molecule has 3 heteroatoms. The van der Waals surface area contributed by atoms with Gasteiger partial charge in [-0.15, -0.1) is 11.8 Å². The molecule has 1 aliphatic heterocycles. The third kappa shape index (κ3) is 6.48. The van der Waals surface area contributed by atoms with Crippen LogP contribution in [0, 0.1) is 12.8 Å². The fraction of sp³-hybridized carbons (Fsp3) is 0.520. The topological polar surface area (TPSA) is 12.5 Å². The molecule has 2 aromatic carbocycles. The van der Waals surface area contributed by atoms with Crippen molar-refractivity contribution < 1.29 is 4.74 Å². The Morgan fingerprint density at radius 2 is 1.86 bits per heavy atom. The van der Waals surface area contributed by atoms with Crippen molar-refractivity contribution in [2.24, 2.45) is 5.92 Å². The van der Waals surface area contributed by atoms with Gasteiger partial charge in [0.1, 0.15) is 5.75 Å². The number of nitrogens with zero attached hydrogens (tertiary/aromatic N) is 1. The maximum absolute atomic E-state index is 5.76. The van der Waals surface area contributed by atoms with E-state index in [2.05, 4.69) is 68.1 Å². The summed E-state index contributed by atoms with van der Waals surface area (Å²) in [7, 11) is 0. The van der Waals surface area contributed by atoms with Gasteiger partial charge in [0.25, 0.3) is 0 Å². The number of unbranched alkanes of at least 4 members (excludes halogenated alkanes) is 2. The van der Waals surface area contributed by atoms with Crippen LogP contribution in [-0.4, -0.2) is 25.4 Å². The SMILES string of the molecule is Cc1ccc2c(c1)CCCN2CCCCCSc1ccc(OCC(C)C)cc1. The van der Waals surface area contributed by atoms with Crippen LogP contribution in [0.5, 0.6) is 5.75 Å². The smallest absolute Gasteiger partial charge is 0.119 e. The Morgan fingerprint density at radius 1 is 1.04 bits per heavy atom. The van der Waals surface area contributed by atoms with Gasteiger partial charge in [-0.1, -0.05) is 38.0 Å². The van der Waals surface area contributed by atoms with Gasteiger partial charge in [0.15, 0.2) is 0 Å².